The second kappa shape index (κ2) is 6.51. The van der Waals surface area contributed by atoms with Crippen molar-refractivity contribution in [2.75, 3.05) is 11.9 Å². The molecule has 3 aliphatic carbocycles. The Morgan fingerprint density at radius 3 is 2.75 bits per heavy atom. The molecule has 24 heavy (non-hydrogen) atoms. The van der Waals surface area contributed by atoms with Gasteiger partial charge in [0.25, 0.3) is 0 Å². The highest BCUT2D eigenvalue weighted by Gasteiger charge is 2.43. The molecule has 0 aromatic carbocycles. The van der Waals surface area contributed by atoms with Crippen LogP contribution in [0.4, 0.5) is 5.00 Å². The average molecular weight is 347 g/mol. The summed E-state index contributed by atoms with van der Waals surface area (Å²) < 4.78 is 5.27. The molecule has 1 heterocycles. The molecule has 5 heteroatoms. The topological polar surface area (TPSA) is 55.4 Å². The summed E-state index contributed by atoms with van der Waals surface area (Å²) in [6.07, 6.45) is 8.91. The number of aryl methyl sites for hydroxylation is 1. The van der Waals surface area contributed by atoms with Gasteiger partial charge in [0, 0.05) is 10.8 Å². The first-order chi connectivity index (χ1) is 11.7. The third kappa shape index (κ3) is 2.77. The quantitative estimate of drug-likeness (QED) is 0.831. The van der Waals surface area contributed by atoms with E-state index < -0.39 is 0 Å². The van der Waals surface area contributed by atoms with E-state index in [1.165, 1.54) is 24.1 Å². The van der Waals surface area contributed by atoms with Crippen LogP contribution in [0.25, 0.3) is 0 Å². The molecule has 0 saturated heterocycles. The minimum absolute atomic E-state index is 0.117. The van der Waals surface area contributed by atoms with E-state index >= 15 is 0 Å². The number of hydrogen-bond acceptors (Lipinski definition) is 4. The van der Waals surface area contributed by atoms with Crippen LogP contribution in [0.3, 0.4) is 0 Å². The number of nitrogens with one attached hydrogen (secondary N) is 1. The largest absolute Gasteiger partial charge is 0.462 e. The van der Waals surface area contributed by atoms with Crippen molar-refractivity contribution in [3.63, 3.8) is 0 Å². The number of anilines is 1. The fraction of sp³-hybridized carbons (Fsp3) is 0.684. The Labute approximate surface area is 147 Å². The number of carbonyl (C=O) groups is 2. The van der Waals surface area contributed by atoms with Gasteiger partial charge in [-0.05, 0) is 69.3 Å². The Morgan fingerprint density at radius 2 is 2.04 bits per heavy atom. The maximum atomic E-state index is 12.8. The molecule has 1 amide bonds. The lowest BCUT2D eigenvalue weighted by Gasteiger charge is -2.20. The van der Waals surface area contributed by atoms with E-state index in [0.29, 0.717) is 18.1 Å². The van der Waals surface area contributed by atoms with Crippen molar-refractivity contribution in [1.29, 1.82) is 0 Å². The van der Waals surface area contributed by atoms with Crippen LogP contribution in [0.15, 0.2) is 0 Å². The van der Waals surface area contributed by atoms with Gasteiger partial charge in [-0.3, -0.25) is 4.79 Å². The predicted octanol–water partition coefficient (Wildman–Crippen LogP) is 4.18. The first-order valence-electron chi connectivity index (χ1n) is 9.30. The minimum Gasteiger partial charge on any atom is -0.462 e. The number of rotatable bonds is 4. The zero-order chi connectivity index (χ0) is 16.7. The van der Waals surface area contributed by atoms with Gasteiger partial charge in [0.2, 0.25) is 5.91 Å². The van der Waals surface area contributed by atoms with E-state index in [1.54, 1.807) is 11.3 Å². The molecule has 4 nitrogen and oxygen atoms in total. The number of hydrogen-bond donors (Lipinski definition) is 1. The minimum atomic E-state index is -0.278. The zero-order valence-corrected chi connectivity index (χ0v) is 15.0. The van der Waals surface area contributed by atoms with E-state index in [9.17, 15) is 9.59 Å². The van der Waals surface area contributed by atoms with Gasteiger partial charge in [0.05, 0.1) is 12.2 Å². The molecule has 3 aliphatic rings. The smallest absolute Gasteiger partial charge is 0.341 e. The molecular weight excluding hydrogens is 322 g/mol. The number of ether oxygens (including phenoxy) is 1. The lowest BCUT2D eigenvalue weighted by Crippen LogP contribution is -2.27. The molecular formula is C19H25NO3S. The third-order valence-electron chi connectivity index (χ3n) is 5.96. The number of thiophene rings is 1. The molecule has 2 fully saturated rings. The second-order valence-corrected chi connectivity index (χ2v) is 8.51. The highest BCUT2D eigenvalue weighted by molar-refractivity contribution is 7.17. The third-order valence-corrected chi connectivity index (χ3v) is 7.17. The Morgan fingerprint density at radius 1 is 1.21 bits per heavy atom. The Balaban J connectivity index is 1.58. The van der Waals surface area contributed by atoms with Crippen LogP contribution in [0.5, 0.6) is 0 Å². The van der Waals surface area contributed by atoms with Gasteiger partial charge in [-0.15, -0.1) is 11.3 Å². The van der Waals surface area contributed by atoms with Gasteiger partial charge < -0.3 is 10.1 Å². The Hall–Kier alpha value is -1.36. The van der Waals surface area contributed by atoms with Gasteiger partial charge in [-0.1, -0.05) is 6.42 Å². The number of esters is 1. The predicted molar refractivity (Wildman–Crippen MR) is 94.5 cm³/mol. The zero-order valence-electron chi connectivity index (χ0n) is 14.2. The van der Waals surface area contributed by atoms with Gasteiger partial charge in [0.15, 0.2) is 0 Å². The summed E-state index contributed by atoms with van der Waals surface area (Å²) in [5.74, 6) is 1.27. The van der Waals surface area contributed by atoms with Crippen LogP contribution >= 0.6 is 11.3 Å². The van der Waals surface area contributed by atoms with Crippen molar-refractivity contribution in [3.05, 3.63) is 16.0 Å². The first-order valence-corrected chi connectivity index (χ1v) is 10.1. The average Bonchev–Trinajstić information content (AvgIpc) is 3.28. The summed E-state index contributed by atoms with van der Waals surface area (Å²) in [7, 11) is 0. The van der Waals surface area contributed by atoms with Gasteiger partial charge in [-0.2, -0.15) is 0 Å². The lowest BCUT2D eigenvalue weighted by molar-refractivity contribution is -0.121. The van der Waals surface area contributed by atoms with Crippen molar-refractivity contribution in [1.82, 2.24) is 0 Å². The van der Waals surface area contributed by atoms with Crippen LogP contribution in [-0.2, 0) is 22.4 Å². The highest BCUT2D eigenvalue weighted by atomic mass is 32.1. The number of carbonyl (C=O) groups excluding carboxylic acids is 2. The molecule has 2 saturated carbocycles. The monoisotopic (exact) mass is 347 g/mol. The number of fused-ring (bicyclic) bond motifs is 3. The van der Waals surface area contributed by atoms with Crippen LogP contribution < -0.4 is 5.32 Å². The molecule has 1 aromatic heterocycles. The molecule has 1 aromatic rings. The molecule has 130 valence electrons. The molecule has 4 rings (SSSR count). The fourth-order valence-electron chi connectivity index (χ4n) is 4.84. The van der Waals surface area contributed by atoms with Crippen molar-refractivity contribution < 1.29 is 14.3 Å². The summed E-state index contributed by atoms with van der Waals surface area (Å²) in [6.45, 7) is 2.19. The van der Waals surface area contributed by atoms with Crippen LogP contribution in [0, 0.1) is 17.8 Å². The number of amides is 1. The van der Waals surface area contributed by atoms with Crippen molar-refractivity contribution in [3.8, 4) is 0 Å². The molecule has 3 unspecified atom stereocenters. The molecule has 3 atom stereocenters. The molecule has 0 aliphatic heterocycles. The lowest BCUT2D eigenvalue weighted by atomic mass is 9.88. The van der Waals surface area contributed by atoms with Crippen molar-refractivity contribution in [2.24, 2.45) is 17.8 Å². The van der Waals surface area contributed by atoms with Gasteiger partial charge in [-0.25, -0.2) is 4.79 Å². The van der Waals surface area contributed by atoms with Crippen molar-refractivity contribution >= 4 is 28.2 Å². The second-order valence-electron chi connectivity index (χ2n) is 7.41. The SMILES string of the molecule is CCOC(=O)c1c(NC(=O)C2CC3CCC2C3)sc2c1CCCC2. The Bertz CT molecular complexity index is 666. The van der Waals surface area contributed by atoms with Crippen LogP contribution in [0.1, 0.15) is 66.2 Å². The summed E-state index contributed by atoms with van der Waals surface area (Å²) in [6, 6.07) is 0. The van der Waals surface area contributed by atoms with E-state index in [4.69, 9.17) is 4.74 Å². The summed E-state index contributed by atoms with van der Waals surface area (Å²) in [5.41, 5.74) is 1.75. The maximum Gasteiger partial charge on any atom is 0.341 e. The maximum absolute atomic E-state index is 12.8. The van der Waals surface area contributed by atoms with E-state index in [0.717, 1.165) is 48.6 Å². The summed E-state index contributed by atoms with van der Waals surface area (Å²) in [5, 5.41) is 3.84. The van der Waals surface area contributed by atoms with Gasteiger partial charge in [0.1, 0.15) is 5.00 Å². The van der Waals surface area contributed by atoms with Gasteiger partial charge >= 0.3 is 5.97 Å². The van der Waals surface area contributed by atoms with Crippen molar-refractivity contribution in [2.45, 2.75) is 58.3 Å². The molecule has 0 spiro atoms. The molecule has 0 radical (unpaired) electrons. The standard InChI is InChI=1S/C19H25NO3S/c1-2-23-19(22)16-13-5-3-4-6-15(13)24-18(16)20-17(21)14-10-11-7-8-12(14)9-11/h11-12,14H,2-10H2,1H3,(H,20,21). The summed E-state index contributed by atoms with van der Waals surface area (Å²) >= 11 is 1.59. The van der Waals surface area contributed by atoms with E-state index in [1.807, 2.05) is 6.92 Å². The normalized spacial score (nSPS) is 27.8. The summed E-state index contributed by atoms with van der Waals surface area (Å²) in [4.78, 5) is 26.5. The Kier molecular flexibility index (Phi) is 4.37. The molecule has 1 N–H and O–H groups in total. The van der Waals surface area contributed by atoms with E-state index in [-0.39, 0.29) is 17.8 Å². The highest BCUT2D eigenvalue weighted by Crippen LogP contribution is 2.49. The molecule has 2 bridgehead atoms. The fourth-order valence-corrected chi connectivity index (χ4v) is 6.12. The first kappa shape index (κ1) is 16.1. The van der Waals surface area contributed by atoms with Crippen LogP contribution in [-0.4, -0.2) is 18.5 Å². The van der Waals surface area contributed by atoms with E-state index in [2.05, 4.69) is 5.32 Å². The van der Waals surface area contributed by atoms with Crippen LogP contribution in [0.2, 0.25) is 0 Å².